The molecule has 1 aliphatic rings. The molecule has 4 rings (SSSR count). The highest BCUT2D eigenvalue weighted by Crippen LogP contribution is 2.35. The second-order valence-electron chi connectivity index (χ2n) is 6.94. The van der Waals surface area contributed by atoms with Gasteiger partial charge in [-0.05, 0) is 31.5 Å². The van der Waals surface area contributed by atoms with E-state index in [1.807, 2.05) is 19.9 Å². The lowest BCUT2D eigenvalue weighted by Gasteiger charge is -2.28. The first-order chi connectivity index (χ1) is 13.0. The first kappa shape index (κ1) is 17.3. The van der Waals surface area contributed by atoms with Crippen molar-refractivity contribution in [1.29, 1.82) is 0 Å². The maximum absolute atomic E-state index is 12.7. The number of nitrogens with zero attached hydrogens (tertiary/aromatic N) is 2. The molecule has 0 fully saturated rings. The number of rotatable bonds is 3. The van der Waals surface area contributed by atoms with Gasteiger partial charge in [-0.15, -0.1) is 0 Å². The zero-order valence-corrected chi connectivity index (χ0v) is 15.4. The highest BCUT2D eigenvalue weighted by atomic mass is 16.5. The molecule has 1 aliphatic heterocycles. The third-order valence-electron chi connectivity index (χ3n) is 4.87. The summed E-state index contributed by atoms with van der Waals surface area (Å²) in [5.74, 6) is 0.720. The minimum atomic E-state index is -0.147. The van der Waals surface area contributed by atoms with Crippen LogP contribution in [0.5, 0.6) is 5.75 Å². The first-order valence-corrected chi connectivity index (χ1v) is 9.01. The fourth-order valence-electron chi connectivity index (χ4n) is 3.69. The van der Waals surface area contributed by atoms with Crippen LogP contribution in [-0.4, -0.2) is 22.3 Å². The van der Waals surface area contributed by atoms with Crippen LogP contribution in [0.3, 0.4) is 0 Å². The van der Waals surface area contributed by atoms with E-state index in [2.05, 4.69) is 22.5 Å². The molecule has 0 saturated carbocycles. The minimum Gasteiger partial charge on any atom is -0.493 e. The van der Waals surface area contributed by atoms with E-state index in [4.69, 9.17) is 4.74 Å². The molecule has 2 aromatic carbocycles. The molecule has 138 valence electrons. The fraction of sp³-hybridized carbons (Fsp3) is 0.286. The highest BCUT2D eigenvalue weighted by Gasteiger charge is 2.25. The Hall–Kier alpha value is -3.15. The van der Waals surface area contributed by atoms with Crippen molar-refractivity contribution in [3.05, 3.63) is 69.5 Å². The van der Waals surface area contributed by atoms with Gasteiger partial charge in [-0.25, -0.2) is 0 Å². The molecule has 1 N–H and O–H groups in total. The quantitative estimate of drug-likeness (QED) is 0.776. The first-order valence-electron chi connectivity index (χ1n) is 9.01. The molecule has 27 heavy (non-hydrogen) atoms. The molecule has 1 unspecified atom stereocenters. The van der Waals surface area contributed by atoms with Gasteiger partial charge in [0, 0.05) is 17.4 Å². The fourth-order valence-corrected chi connectivity index (χ4v) is 3.69. The van der Waals surface area contributed by atoms with Crippen molar-refractivity contribution in [3.63, 3.8) is 0 Å². The number of carbonyl (C=O) groups excluding carboxylic acids is 1. The van der Waals surface area contributed by atoms with Gasteiger partial charge in [0.05, 0.1) is 24.4 Å². The van der Waals surface area contributed by atoms with Crippen LogP contribution < -0.4 is 15.5 Å². The Morgan fingerprint density at radius 2 is 2.11 bits per heavy atom. The van der Waals surface area contributed by atoms with Gasteiger partial charge in [-0.2, -0.15) is 5.10 Å². The monoisotopic (exact) mass is 363 g/mol. The van der Waals surface area contributed by atoms with Crippen molar-refractivity contribution in [3.8, 4) is 5.75 Å². The lowest BCUT2D eigenvalue weighted by molar-refractivity contribution is -0.122. The van der Waals surface area contributed by atoms with E-state index in [-0.39, 0.29) is 23.9 Å². The maximum Gasteiger partial charge on any atom is 0.242 e. The number of carbonyl (C=O) groups is 1. The molecule has 0 spiro atoms. The second kappa shape index (κ2) is 6.87. The van der Waals surface area contributed by atoms with E-state index >= 15 is 0 Å². The molecular formula is C21H21N3O3. The molecule has 1 atom stereocenters. The third kappa shape index (κ3) is 3.30. The molecule has 1 amide bonds. The molecule has 0 radical (unpaired) electrons. The van der Waals surface area contributed by atoms with E-state index < -0.39 is 0 Å². The summed E-state index contributed by atoms with van der Waals surface area (Å²) in [5.41, 5.74) is 3.75. The van der Waals surface area contributed by atoms with Crippen molar-refractivity contribution in [2.24, 2.45) is 0 Å². The Kier molecular flexibility index (Phi) is 4.39. The average molecular weight is 363 g/mol. The van der Waals surface area contributed by atoms with Crippen LogP contribution in [0, 0.1) is 13.8 Å². The number of para-hydroxylation sites is 1. The molecule has 0 bridgehead atoms. The zero-order chi connectivity index (χ0) is 19.0. The number of aryl methyl sites for hydroxylation is 2. The van der Waals surface area contributed by atoms with Crippen LogP contribution in [0.15, 0.2) is 47.4 Å². The number of nitrogens with one attached hydrogen (secondary N) is 1. The van der Waals surface area contributed by atoms with Crippen LogP contribution in [0.25, 0.3) is 10.9 Å². The standard InChI is InChI=1S/C21H21N3O3/c1-13-9-14(2)21-16(10-13)17(7-8-27-21)23-20(26)12-24-18-6-4-3-5-15(18)19(25)11-22-24/h3-6,9-11,17H,7-8,12H2,1-2H3,(H,23,26). The van der Waals surface area contributed by atoms with E-state index in [9.17, 15) is 9.59 Å². The molecule has 0 saturated heterocycles. The van der Waals surface area contributed by atoms with Crippen LogP contribution >= 0.6 is 0 Å². The van der Waals surface area contributed by atoms with E-state index in [0.717, 1.165) is 28.9 Å². The number of fused-ring (bicyclic) bond motifs is 2. The predicted molar refractivity (Wildman–Crippen MR) is 103 cm³/mol. The average Bonchev–Trinajstić information content (AvgIpc) is 2.65. The number of aromatic nitrogens is 2. The predicted octanol–water partition coefficient (Wildman–Crippen LogP) is 2.65. The lowest BCUT2D eigenvalue weighted by atomic mass is 9.95. The van der Waals surface area contributed by atoms with Gasteiger partial charge in [0.2, 0.25) is 11.3 Å². The molecule has 0 aliphatic carbocycles. The normalized spacial score (nSPS) is 15.9. The van der Waals surface area contributed by atoms with Crippen LogP contribution in [0.2, 0.25) is 0 Å². The van der Waals surface area contributed by atoms with Gasteiger partial charge >= 0.3 is 0 Å². The van der Waals surface area contributed by atoms with Crippen LogP contribution in [-0.2, 0) is 11.3 Å². The van der Waals surface area contributed by atoms with E-state index in [1.165, 1.54) is 6.20 Å². The third-order valence-corrected chi connectivity index (χ3v) is 4.87. The summed E-state index contributed by atoms with van der Waals surface area (Å²) in [6.07, 6.45) is 1.98. The number of ether oxygens (including phenoxy) is 1. The number of hydrogen-bond donors (Lipinski definition) is 1. The van der Waals surface area contributed by atoms with Crippen molar-refractivity contribution in [2.75, 3.05) is 6.61 Å². The van der Waals surface area contributed by atoms with Gasteiger partial charge in [0.15, 0.2) is 0 Å². The molecule has 1 aromatic heterocycles. The summed E-state index contributed by atoms with van der Waals surface area (Å²) in [6, 6.07) is 11.2. The summed E-state index contributed by atoms with van der Waals surface area (Å²) in [5, 5.41) is 7.79. The van der Waals surface area contributed by atoms with Gasteiger partial charge in [0.1, 0.15) is 12.3 Å². The van der Waals surface area contributed by atoms with Gasteiger partial charge in [-0.1, -0.05) is 29.8 Å². The SMILES string of the molecule is Cc1cc(C)c2c(c1)C(NC(=O)Cn1ncc(=O)c3ccccc31)CCO2. The summed E-state index contributed by atoms with van der Waals surface area (Å²) in [4.78, 5) is 24.6. The van der Waals surface area contributed by atoms with Crippen molar-refractivity contribution >= 4 is 16.8 Å². The smallest absolute Gasteiger partial charge is 0.242 e. The Bertz CT molecular complexity index is 1090. The van der Waals surface area contributed by atoms with Crippen molar-refractivity contribution in [1.82, 2.24) is 15.1 Å². The Balaban J connectivity index is 1.59. The number of amides is 1. The van der Waals surface area contributed by atoms with Gasteiger partial charge in [-0.3, -0.25) is 14.3 Å². The molecule has 6 nitrogen and oxygen atoms in total. The van der Waals surface area contributed by atoms with E-state index in [0.29, 0.717) is 17.5 Å². The summed E-state index contributed by atoms with van der Waals surface area (Å²) >= 11 is 0. The minimum absolute atomic E-state index is 0.0539. The summed E-state index contributed by atoms with van der Waals surface area (Å²) < 4.78 is 7.37. The van der Waals surface area contributed by atoms with Crippen molar-refractivity contribution < 1.29 is 9.53 Å². The number of benzene rings is 2. The van der Waals surface area contributed by atoms with Crippen LogP contribution in [0.1, 0.15) is 29.2 Å². The summed E-state index contributed by atoms with van der Waals surface area (Å²) in [7, 11) is 0. The topological polar surface area (TPSA) is 73.2 Å². The highest BCUT2D eigenvalue weighted by molar-refractivity contribution is 5.81. The summed E-state index contributed by atoms with van der Waals surface area (Å²) in [6.45, 7) is 4.68. The van der Waals surface area contributed by atoms with Crippen molar-refractivity contribution in [2.45, 2.75) is 32.9 Å². The molecule has 6 heteroatoms. The number of hydrogen-bond acceptors (Lipinski definition) is 4. The van der Waals surface area contributed by atoms with Gasteiger partial charge in [0.25, 0.3) is 0 Å². The second-order valence-corrected chi connectivity index (χ2v) is 6.94. The lowest BCUT2D eigenvalue weighted by Crippen LogP contribution is -2.35. The molecule has 3 aromatic rings. The Labute approximate surface area is 156 Å². The van der Waals surface area contributed by atoms with Gasteiger partial charge < -0.3 is 10.1 Å². The Morgan fingerprint density at radius 1 is 1.30 bits per heavy atom. The van der Waals surface area contributed by atoms with E-state index in [1.54, 1.807) is 22.9 Å². The molecule has 2 heterocycles. The van der Waals surface area contributed by atoms with Crippen LogP contribution in [0.4, 0.5) is 0 Å². The Morgan fingerprint density at radius 3 is 2.96 bits per heavy atom. The zero-order valence-electron chi connectivity index (χ0n) is 15.4. The maximum atomic E-state index is 12.7. The molecular weight excluding hydrogens is 342 g/mol. The largest absolute Gasteiger partial charge is 0.493 e.